The second-order valence-electron chi connectivity index (χ2n) is 6.97. The highest BCUT2D eigenvalue weighted by Gasteiger charge is 2.23. The molecule has 7 nitrogen and oxygen atoms in total. The Bertz CT molecular complexity index is 990. The molecule has 0 saturated carbocycles. The summed E-state index contributed by atoms with van der Waals surface area (Å²) in [5, 5.41) is 9.23. The van der Waals surface area contributed by atoms with Gasteiger partial charge in [0.05, 0.1) is 12.8 Å². The topological polar surface area (TPSA) is 87.1 Å². The number of hydrogen-bond donors (Lipinski definition) is 1. The molecule has 0 aliphatic carbocycles. The predicted molar refractivity (Wildman–Crippen MR) is 115 cm³/mol. The monoisotopic (exact) mass is 438 g/mol. The van der Waals surface area contributed by atoms with E-state index in [2.05, 4.69) is 0 Å². The van der Waals surface area contributed by atoms with Crippen molar-refractivity contribution in [2.75, 3.05) is 26.6 Å². The average molecular weight is 439 g/mol. The van der Waals surface area contributed by atoms with Crippen LogP contribution in [0.3, 0.4) is 0 Å². The number of sulfonamides is 1. The minimum atomic E-state index is -3.89. The zero-order valence-electron chi connectivity index (χ0n) is 17.2. The van der Waals surface area contributed by atoms with Gasteiger partial charge in [0, 0.05) is 17.0 Å². The van der Waals surface area contributed by atoms with Gasteiger partial charge in [0.1, 0.15) is 11.5 Å². The Morgan fingerprint density at radius 3 is 2.34 bits per heavy atom. The van der Waals surface area contributed by atoms with Gasteiger partial charge in [-0.15, -0.1) is 11.8 Å². The molecule has 0 spiro atoms. The minimum absolute atomic E-state index is 0.281. The van der Waals surface area contributed by atoms with Gasteiger partial charge in [-0.25, -0.2) is 17.5 Å². The Morgan fingerprint density at radius 1 is 1.14 bits per heavy atom. The summed E-state index contributed by atoms with van der Waals surface area (Å²) >= 11 is 1.66. The van der Waals surface area contributed by atoms with Crippen LogP contribution in [-0.4, -0.2) is 55.4 Å². The molecule has 0 saturated heterocycles. The quantitative estimate of drug-likeness (QED) is 0.623. The van der Waals surface area contributed by atoms with Crippen LogP contribution >= 0.6 is 11.8 Å². The lowest BCUT2D eigenvalue weighted by atomic mass is 10.1. The van der Waals surface area contributed by atoms with Gasteiger partial charge in [0.15, 0.2) is 0 Å². The molecule has 2 aromatic carbocycles. The molecule has 0 aliphatic heterocycles. The zero-order valence-corrected chi connectivity index (χ0v) is 18.8. The van der Waals surface area contributed by atoms with Crippen molar-refractivity contribution in [1.29, 1.82) is 0 Å². The normalized spacial score (nSPS) is 11.5. The molecular formula is C20H26N2O5S2. The number of amides is 1. The van der Waals surface area contributed by atoms with Crippen LogP contribution in [-0.2, 0) is 23.1 Å². The maximum Gasteiger partial charge on any atom is 0.421 e. The summed E-state index contributed by atoms with van der Waals surface area (Å²) in [4.78, 5) is 14.5. The van der Waals surface area contributed by atoms with Crippen LogP contribution in [0.25, 0.3) is 0 Å². The number of aryl methyl sites for hydroxylation is 1. The van der Waals surface area contributed by atoms with Crippen molar-refractivity contribution in [2.45, 2.75) is 24.9 Å². The number of ether oxygens (including phenoxy) is 1. The first-order chi connectivity index (χ1) is 13.5. The van der Waals surface area contributed by atoms with Crippen molar-refractivity contribution in [3.8, 4) is 11.5 Å². The van der Waals surface area contributed by atoms with Gasteiger partial charge in [-0.3, -0.25) is 0 Å². The lowest BCUT2D eigenvalue weighted by Gasteiger charge is -2.19. The van der Waals surface area contributed by atoms with E-state index in [0.29, 0.717) is 27.9 Å². The molecule has 2 aromatic rings. The number of carboxylic acid groups (broad SMARTS) is 1. The summed E-state index contributed by atoms with van der Waals surface area (Å²) in [6.45, 7) is 2.34. The third-order valence-electron chi connectivity index (χ3n) is 4.15. The molecule has 0 aliphatic rings. The Labute approximate surface area is 176 Å². The predicted octanol–water partition coefficient (Wildman–Crippen LogP) is 4.01. The molecule has 0 radical (unpaired) electrons. The number of rotatable bonds is 8. The summed E-state index contributed by atoms with van der Waals surface area (Å²) in [6, 6.07) is 11.0. The molecule has 0 aromatic heterocycles. The van der Waals surface area contributed by atoms with Gasteiger partial charge in [-0.05, 0) is 62.7 Å². The van der Waals surface area contributed by atoms with E-state index in [1.54, 1.807) is 23.9 Å². The van der Waals surface area contributed by atoms with Gasteiger partial charge in [-0.2, -0.15) is 0 Å². The fraction of sp³-hybridized carbons (Fsp3) is 0.350. The SMILES string of the molecule is CSc1ccc(Oc2cc(CN(C(=O)O)S(C)(=O)=O)ccc2CN(C)C)cc1C. The third-order valence-corrected chi connectivity index (χ3v) is 6.14. The summed E-state index contributed by atoms with van der Waals surface area (Å²) in [7, 11) is -0.0232. The van der Waals surface area contributed by atoms with Crippen LogP contribution in [0.4, 0.5) is 4.79 Å². The van der Waals surface area contributed by atoms with Crippen molar-refractivity contribution in [3.05, 3.63) is 53.1 Å². The number of hydrogen-bond acceptors (Lipinski definition) is 6. The van der Waals surface area contributed by atoms with Crippen LogP contribution in [0, 0.1) is 6.92 Å². The molecule has 158 valence electrons. The van der Waals surface area contributed by atoms with E-state index in [4.69, 9.17) is 4.74 Å². The Kier molecular flexibility index (Phi) is 7.56. The average Bonchev–Trinajstić information content (AvgIpc) is 2.60. The molecule has 1 N–H and O–H groups in total. The number of benzene rings is 2. The number of nitrogens with zero attached hydrogens (tertiary/aromatic N) is 2. The zero-order chi connectivity index (χ0) is 21.8. The standard InChI is InChI=1S/C20H26N2O5S2/c1-14-10-17(8-9-19(14)28-4)27-18-11-15(6-7-16(18)13-21(2)3)12-22(20(23)24)29(5,25)26/h6-11H,12-13H2,1-5H3,(H,23,24). The van der Waals surface area contributed by atoms with Gasteiger partial charge in [0.25, 0.3) is 0 Å². The summed E-state index contributed by atoms with van der Waals surface area (Å²) in [5.41, 5.74) is 2.52. The second-order valence-corrected chi connectivity index (χ2v) is 9.72. The molecule has 0 bridgehead atoms. The molecule has 0 heterocycles. The van der Waals surface area contributed by atoms with Crippen molar-refractivity contribution >= 4 is 27.9 Å². The van der Waals surface area contributed by atoms with Crippen LogP contribution in [0.2, 0.25) is 0 Å². The third kappa shape index (κ3) is 6.38. The first-order valence-electron chi connectivity index (χ1n) is 8.81. The van der Waals surface area contributed by atoms with E-state index >= 15 is 0 Å². The molecule has 1 amide bonds. The highest BCUT2D eigenvalue weighted by Crippen LogP contribution is 2.31. The van der Waals surface area contributed by atoms with E-state index in [1.165, 1.54) is 0 Å². The van der Waals surface area contributed by atoms with Gasteiger partial charge in [-0.1, -0.05) is 12.1 Å². The first-order valence-corrected chi connectivity index (χ1v) is 11.9. The maximum atomic E-state index is 11.8. The van der Waals surface area contributed by atoms with Gasteiger partial charge >= 0.3 is 6.09 Å². The van der Waals surface area contributed by atoms with E-state index < -0.39 is 16.1 Å². The highest BCUT2D eigenvalue weighted by atomic mass is 32.2. The Balaban J connectivity index is 2.41. The lowest BCUT2D eigenvalue weighted by Crippen LogP contribution is -2.34. The summed E-state index contributed by atoms with van der Waals surface area (Å²) < 4.78 is 30.1. The van der Waals surface area contributed by atoms with E-state index in [1.807, 2.05) is 56.4 Å². The maximum absolute atomic E-state index is 11.8. The second kappa shape index (κ2) is 9.51. The smallest absolute Gasteiger partial charge is 0.421 e. The molecule has 0 unspecified atom stereocenters. The fourth-order valence-corrected chi connectivity index (χ4v) is 4.05. The van der Waals surface area contributed by atoms with E-state index in [0.717, 1.165) is 22.3 Å². The van der Waals surface area contributed by atoms with Crippen LogP contribution in [0.15, 0.2) is 41.3 Å². The molecule has 29 heavy (non-hydrogen) atoms. The Hall–Kier alpha value is -2.23. The number of carbonyl (C=O) groups is 1. The van der Waals surface area contributed by atoms with Gasteiger partial charge < -0.3 is 14.7 Å². The molecule has 0 fully saturated rings. The molecule has 9 heteroatoms. The first kappa shape index (κ1) is 23.1. The lowest BCUT2D eigenvalue weighted by molar-refractivity contribution is 0.171. The van der Waals surface area contributed by atoms with Crippen LogP contribution in [0.1, 0.15) is 16.7 Å². The van der Waals surface area contributed by atoms with Crippen molar-refractivity contribution < 1.29 is 23.1 Å². The van der Waals surface area contributed by atoms with Crippen LogP contribution < -0.4 is 4.74 Å². The van der Waals surface area contributed by atoms with Gasteiger partial charge in [0.2, 0.25) is 10.0 Å². The highest BCUT2D eigenvalue weighted by molar-refractivity contribution is 7.98. The summed E-state index contributed by atoms with van der Waals surface area (Å²) in [6.07, 6.45) is 1.36. The summed E-state index contributed by atoms with van der Waals surface area (Å²) in [5.74, 6) is 1.22. The van der Waals surface area contributed by atoms with E-state index in [-0.39, 0.29) is 6.54 Å². The Morgan fingerprint density at radius 2 is 1.83 bits per heavy atom. The largest absolute Gasteiger partial charge is 0.464 e. The van der Waals surface area contributed by atoms with E-state index in [9.17, 15) is 18.3 Å². The molecule has 0 atom stereocenters. The van der Waals surface area contributed by atoms with Crippen molar-refractivity contribution in [2.24, 2.45) is 0 Å². The van der Waals surface area contributed by atoms with Crippen molar-refractivity contribution in [1.82, 2.24) is 9.21 Å². The van der Waals surface area contributed by atoms with Crippen LogP contribution in [0.5, 0.6) is 11.5 Å². The fourth-order valence-electron chi connectivity index (χ4n) is 2.80. The van der Waals surface area contributed by atoms with Crippen molar-refractivity contribution in [3.63, 3.8) is 0 Å². The molecular weight excluding hydrogens is 412 g/mol. The minimum Gasteiger partial charge on any atom is -0.464 e. The molecule has 2 rings (SSSR count). The number of thioether (sulfide) groups is 1.